The molecule has 17 heteroatoms. The molecule has 14 nitrogen and oxygen atoms in total. The van der Waals surface area contributed by atoms with Crippen LogP contribution in [0.5, 0.6) is 5.75 Å². The van der Waals surface area contributed by atoms with Gasteiger partial charge >= 0.3 is 6.09 Å². The molecule has 4 N–H and O–H groups in total. The zero-order chi connectivity index (χ0) is 48.0. The standard InChI is InChI=1S/C51H63FN8O6S2/c1-31-39(58-49(64)66-37-13-8-6-9-14-37)25-36(29-54-31)33-18-19-38-42(27-33)68-48(57-38)53-22-10-7-11-24-65-41-26-34(43-32(2)56-30-67-43)16-17-35(41)28-55-45(61)40-15-12-23-60(40)46(62)44(50(3,4)5)59-47(63)51(52)20-21-51/h16-19,25-27,29-30,37,40,44H,6-15,20-24,28H2,1-5H3,(H,53,57)(H,55,61)(H,58,64)(H,59,63). The molecule has 1 aliphatic heterocycles. The SMILES string of the molecule is Cc1ncc(-c2ccc3nc(NCCCCCOc4cc(-c5scnc5C)ccc4CNC(=O)C4CCCN4C(=O)C(NC(=O)C4(F)CC4)C(C)(C)C)sc3c2)cc1NC(=O)OC1CCCCC1. The van der Waals surface area contributed by atoms with Crippen LogP contribution in [0, 0.1) is 19.3 Å². The monoisotopic (exact) mass is 966 g/mol. The summed E-state index contributed by atoms with van der Waals surface area (Å²) in [5.74, 6) is -0.748. The van der Waals surface area contributed by atoms with E-state index in [1.54, 1.807) is 22.7 Å². The first kappa shape index (κ1) is 48.8. The molecule has 2 unspecified atom stereocenters. The van der Waals surface area contributed by atoms with Crippen molar-refractivity contribution in [3.05, 3.63) is 71.1 Å². The van der Waals surface area contributed by atoms with Crippen molar-refractivity contribution in [1.29, 1.82) is 0 Å². The third kappa shape index (κ3) is 11.9. The van der Waals surface area contributed by atoms with Crippen molar-refractivity contribution in [3.63, 3.8) is 0 Å². The van der Waals surface area contributed by atoms with Gasteiger partial charge in [0.2, 0.25) is 11.8 Å². The van der Waals surface area contributed by atoms with Crippen molar-refractivity contribution >= 4 is 67.5 Å². The minimum atomic E-state index is -1.91. The van der Waals surface area contributed by atoms with Gasteiger partial charge in [-0.15, -0.1) is 11.3 Å². The van der Waals surface area contributed by atoms with Crippen LogP contribution in [-0.4, -0.2) is 87.2 Å². The molecule has 1 saturated heterocycles. The van der Waals surface area contributed by atoms with Crippen LogP contribution in [0.25, 0.3) is 31.8 Å². The first-order chi connectivity index (χ1) is 32.6. The number of benzene rings is 2. The van der Waals surface area contributed by atoms with Gasteiger partial charge in [0.1, 0.15) is 23.9 Å². The normalized spacial score (nSPS) is 17.4. The maximum Gasteiger partial charge on any atom is 0.411 e. The lowest BCUT2D eigenvalue weighted by Crippen LogP contribution is -2.58. The molecule has 68 heavy (non-hydrogen) atoms. The van der Waals surface area contributed by atoms with Gasteiger partial charge in [0.05, 0.1) is 44.3 Å². The molecule has 0 bridgehead atoms. The zero-order valence-corrected chi connectivity index (χ0v) is 41.3. The van der Waals surface area contributed by atoms with E-state index < -0.39 is 35.2 Å². The topological polar surface area (TPSA) is 177 Å². The number of carbonyl (C=O) groups is 4. The van der Waals surface area contributed by atoms with Gasteiger partial charge in [-0.2, -0.15) is 0 Å². The van der Waals surface area contributed by atoms with E-state index >= 15 is 0 Å². The summed E-state index contributed by atoms with van der Waals surface area (Å²) in [6.45, 7) is 11.1. The first-order valence-electron chi connectivity index (χ1n) is 24.0. The maximum atomic E-state index is 14.6. The molecular weight excluding hydrogens is 904 g/mol. The molecule has 4 amide bonds. The second-order valence-corrected chi connectivity index (χ2v) is 21.3. The fourth-order valence-electron chi connectivity index (χ4n) is 8.82. The number of unbranched alkanes of at least 4 members (excludes halogenated alkanes) is 2. The Morgan fingerprint density at radius 2 is 1.71 bits per heavy atom. The lowest BCUT2D eigenvalue weighted by atomic mass is 9.85. The fourth-order valence-corrected chi connectivity index (χ4v) is 10.6. The number of amides is 4. The van der Waals surface area contributed by atoms with Gasteiger partial charge in [-0.1, -0.05) is 56.7 Å². The van der Waals surface area contributed by atoms with Gasteiger partial charge in [0.25, 0.3) is 5.91 Å². The second kappa shape index (κ2) is 21.3. The average Bonchev–Trinajstić information content (AvgIpc) is 3.64. The van der Waals surface area contributed by atoms with Crippen molar-refractivity contribution in [3.8, 4) is 27.3 Å². The van der Waals surface area contributed by atoms with Crippen LogP contribution >= 0.6 is 22.7 Å². The minimum Gasteiger partial charge on any atom is -0.493 e. The predicted octanol–water partition coefficient (Wildman–Crippen LogP) is 10.3. The number of ether oxygens (including phenoxy) is 2. The van der Waals surface area contributed by atoms with Crippen LogP contribution in [0.4, 0.5) is 20.0 Å². The summed E-state index contributed by atoms with van der Waals surface area (Å²) in [6, 6.07) is 12.4. The number of hydrogen-bond donors (Lipinski definition) is 4. The number of fused-ring (bicyclic) bond motifs is 1. The van der Waals surface area contributed by atoms with E-state index in [1.807, 2.05) is 82.7 Å². The number of halogens is 1. The molecule has 2 aliphatic carbocycles. The summed E-state index contributed by atoms with van der Waals surface area (Å²) in [5.41, 5.74) is 6.07. The lowest BCUT2D eigenvalue weighted by Gasteiger charge is -2.35. The van der Waals surface area contributed by atoms with Crippen LogP contribution in [0.3, 0.4) is 0 Å². The average molecular weight is 967 g/mol. The van der Waals surface area contributed by atoms with Crippen molar-refractivity contribution in [2.75, 3.05) is 30.3 Å². The Balaban J connectivity index is 0.829. The molecule has 2 atom stereocenters. The highest BCUT2D eigenvalue weighted by molar-refractivity contribution is 7.22. The van der Waals surface area contributed by atoms with E-state index in [-0.39, 0.29) is 37.3 Å². The number of nitrogens with zero attached hydrogens (tertiary/aromatic N) is 4. The molecule has 362 valence electrons. The second-order valence-electron chi connectivity index (χ2n) is 19.4. The Labute approximate surface area is 405 Å². The summed E-state index contributed by atoms with van der Waals surface area (Å²) in [7, 11) is 0. The minimum absolute atomic E-state index is 0.0293. The number of thiazole rings is 2. The number of anilines is 2. The third-order valence-electron chi connectivity index (χ3n) is 13.1. The molecular formula is C51H63FN8O6S2. The Morgan fingerprint density at radius 1 is 0.912 bits per heavy atom. The van der Waals surface area contributed by atoms with Crippen molar-refractivity contribution in [2.24, 2.45) is 5.41 Å². The number of nitrogens with one attached hydrogen (secondary N) is 4. The number of aromatic nitrogens is 3. The molecule has 3 aromatic heterocycles. The number of rotatable bonds is 18. The smallest absolute Gasteiger partial charge is 0.411 e. The maximum absolute atomic E-state index is 14.6. The van der Waals surface area contributed by atoms with E-state index in [1.165, 1.54) is 11.3 Å². The van der Waals surface area contributed by atoms with E-state index in [4.69, 9.17) is 14.5 Å². The van der Waals surface area contributed by atoms with Crippen molar-refractivity contribution < 1.29 is 33.0 Å². The van der Waals surface area contributed by atoms with Crippen LogP contribution in [0.1, 0.15) is 115 Å². The summed E-state index contributed by atoms with van der Waals surface area (Å²) in [4.78, 5) is 69.5. The molecule has 3 aliphatic rings. The Kier molecular flexibility index (Phi) is 15.3. The summed E-state index contributed by atoms with van der Waals surface area (Å²) in [6.07, 6.45) is 10.6. The van der Waals surface area contributed by atoms with Crippen molar-refractivity contribution in [1.82, 2.24) is 30.5 Å². The van der Waals surface area contributed by atoms with Crippen LogP contribution in [-0.2, 0) is 25.7 Å². The Bertz CT molecular complexity index is 2620. The predicted molar refractivity (Wildman–Crippen MR) is 266 cm³/mol. The lowest BCUT2D eigenvalue weighted by molar-refractivity contribution is -0.144. The molecule has 5 aromatic rings. The Hall–Kier alpha value is -5.68. The summed E-state index contributed by atoms with van der Waals surface area (Å²) >= 11 is 3.16. The quantitative estimate of drug-likeness (QED) is 0.0618. The summed E-state index contributed by atoms with van der Waals surface area (Å²) in [5, 5.41) is 13.0. The zero-order valence-electron chi connectivity index (χ0n) is 39.7. The highest BCUT2D eigenvalue weighted by Gasteiger charge is 2.53. The number of carbonyl (C=O) groups excluding carboxylic acids is 4. The van der Waals surface area contributed by atoms with E-state index in [0.717, 1.165) is 105 Å². The molecule has 3 fully saturated rings. The van der Waals surface area contributed by atoms with Gasteiger partial charge in [0.15, 0.2) is 10.8 Å². The van der Waals surface area contributed by atoms with E-state index in [2.05, 4.69) is 37.3 Å². The van der Waals surface area contributed by atoms with E-state index in [0.29, 0.717) is 37.4 Å². The highest BCUT2D eigenvalue weighted by Crippen LogP contribution is 2.41. The van der Waals surface area contributed by atoms with Gasteiger partial charge in [-0.3, -0.25) is 24.7 Å². The largest absolute Gasteiger partial charge is 0.493 e. The molecule has 4 heterocycles. The van der Waals surface area contributed by atoms with Crippen LogP contribution in [0.15, 0.2) is 54.2 Å². The molecule has 2 aromatic carbocycles. The van der Waals surface area contributed by atoms with Gasteiger partial charge in [-0.25, -0.2) is 19.2 Å². The van der Waals surface area contributed by atoms with Gasteiger partial charge < -0.3 is 30.3 Å². The van der Waals surface area contributed by atoms with E-state index in [9.17, 15) is 23.6 Å². The van der Waals surface area contributed by atoms with Crippen LogP contribution < -0.4 is 26.0 Å². The van der Waals surface area contributed by atoms with Gasteiger partial charge in [0, 0.05) is 37.0 Å². The fraction of sp³-hybridized carbons (Fsp3) is 0.510. The Morgan fingerprint density at radius 3 is 2.46 bits per heavy atom. The highest BCUT2D eigenvalue weighted by atomic mass is 32.1. The summed E-state index contributed by atoms with van der Waals surface area (Å²) < 4.78 is 27.8. The van der Waals surface area contributed by atoms with Gasteiger partial charge in [-0.05, 0) is 125 Å². The number of pyridine rings is 1. The molecule has 2 saturated carbocycles. The number of hydrogen-bond acceptors (Lipinski definition) is 12. The number of likely N-dealkylation sites (tertiary alicyclic amines) is 1. The molecule has 0 radical (unpaired) electrons. The van der Waals surface area contributed by atoms with Crippen LogP contribution in [0.2, 0.25) is 0 Å². The third-order valence-corrected chi connectivity index (χ3v) is 15.0. The van der Waals surface area contributed by atoms with Crippen molar-refractivity contribution in [2.45, 2.75) is 142 Å². The molecule has 8 rings (SSSR count). The number of alkyl halides is 1. The number of aryl methyl sites for hydroxylation is 2. The molecule has 0 spiro atoms. The first-order valence-corrected chi connectivity index (χ1v) is 25.7.